The van der Waals surface area contributed by atoms with Crippen molar-refractivity contribution in [3.8, 4) is 0 Å². The zero-order chi connectivity index (χ0) is 19.3. The average molecular weight is 400 g/mol. The number of urea groups is 1. The van der Waals surface area contributed by atoms with E-state index in [-0.39, 0.29) is 12.1 Å². The first kappa shape index (κ1) is 19.2. The molecule has 2 amide bonds. The minimum Gasteiger partial charge on any atom is -0.378 e. The third-order valence-electron chi connectivity index (χ3n) is 5.53. The van der Waals surface area contributed by atoms with Gasteiger partial charge in [0.1, 0.15) is 0 Å². The first-order valence-corrected chi connectivity index (χ1v) is 10.3. The standard InChI is InChI=1S/C22H26ClN3O2/c23-20-8-6-19(7-9-20)21(18-4-2-1-3-5-18)24-10-12-25(13-11-24)22(27)26-14-16-28-17-15-26/h1-9,21H,10-17H2. The molecule has 0 aromatic heterocycles. The molecule has 2 aromatic carbocycles. The second kappa shape index (κ2) is 8.95. The van der Waals surface area contributed by atoms with Gasteiger partial charge in [0.25, 0.3) is 0 Å². The molecule has 5 nitrogen and oxygen atoms in total. The van der Waals surface area contributed by atoms with Gasteiger partial charge >= 0.3 is 6.03 Å². The molecule has 2 heterocycles. The van der Waals surface area contributed by atoms with Crippen molar-refractivity contribution in [1.82, 2.24) is 14.7 Å². The molecular formula is C22H26ClN3O2. The van der Waals surface area contributed by atoms with Crippen LogP contribution < -0.4 is 0 Å². The molecule has 2 fully saturated rings. The van der Waals surface area contributed by atoms with E-state index in [1.54, 1.807) is 0 Å². The lowest BCUT2D eigenvalue weighted by Gasteiger charge is -2.41. The molecule has 4 rings (SSSR count). The molecule has 0 N–H and O–H groups in total. The third kappa shape index (κ3) is 4.32. The Bertz CT molecular complexity index is 770. The molecular weight excluding hydrogens is 374 g/mol. The number of nitrogens with zero attached hydrogens (tertiary/aromatic N) is 3. The number of morpholine rings is 1. The lowest BCUT2D eigenvalue weighted by atomic mass is 9.96. The molecule has 0 saturated carbocycles. The lowest BCUT2D eigenvalue weighted by molar-refractivity contribution is 0.0359. The molecule has 148 valence electrons. The van der Waals surface area contributed by atoms with Gasteiger partial charge in [-0.3, -0.25) is 4.90 Å². The first-order chi connectivity index (χ1) is 13.7. The van der Waals surface area contributed by atoms with E-state index in [0.29, 0.717) is 26.3 Å². The smallest absolute Gasteiger partial charge is 0.320 e. The van der Waals surface area contributed by atoms with Gasteiger partial charge in [-0.15, -0.1) is 0 Å². The van der Waals surface area contributed by atoms with Crippen LogP contribution in [-0.4, -0.2) is 73.2 Å². The Morgan fingerprint density at radius 1 is 0.786 bits per heavy atom. The van der Waals surface area contributed by atoms with Crippen molar-refractivity contribution in [2.45, 2.75) is 6.04 Å². The molecule has 1 unspecified atom stereocenters. The Morgan fingerprint density at radius 3 is 2.00 bits per heavy atom. The van der Waals surface area contributed by atoms with Gasteiger partial charge in [-0.2, -0.15) is 0 Å². The number of hydrogen-bond donors (Lipinski definition) is 0. The van der Waals surface area contributed by atoms with E-state index in [0.717, 1.165) is 31.2 Å². The summed E-state index contributed by atoms with van der Waals surface area (Å²) < 4.78 is 5.36. The zero-order valence-electron chi connectivity index (χ0n) is 16.0. The lowest BCUT2D eigenvalue weighted by Crippen LogP contribution is -2.55. The Hall–Kier alpha value is -2.08. The summed E-state index contributed by atoms with van der Waals surface area (Å²) in [5.41, 5.74) is 2.49. The van der Waals surface area contributed by atoms with E-state index in [2.05, 4.69) is 41.3 Å². The second-order valence-electron chi connectivity index (χ2n) is 7.27. The summed E-state index contributed by atoms with van der Waals surface area (Å²) in [4.78, 5) is 19.1. The first-order valence-electron chi connectivity index (χ1n) is 9.88. The SMILES string of the molecule is O=C(N1CCOCC1)N1CCN(C(c2ccccc2)c2ccc(Cl)cc2)CC1. The fourth-order valence-corrected chi connectivity index (χ4v) is 4.15. The van der Waals surface area contributed by atoms with Gasteiger partial charge in [0.05, 0.1) is 19.3 Å². The maximum absolute atomic E-state index is 12.8. The third-order valence-corrected chi connectivity index (χ3v) is 5.78. The second-order valence-corrected chi connectivity index (χ2v) is 7.71. The van der Waals surface area contributed by atoms with Gasteiger partial charge in [0, 0.05) is 44.3 Å². The molecule has 2 aromatic rings. The minimum atomic E-state index is 0.144. The highest BCUT2D eigenvalue weighted by atomic mass is 35.5. The Kier molecular flexibility index (Phi) is 6.15. The van der Waals surface area contributed by atoms with Gasteiger partial charge in [-0.25, -0.2) is 4.79 Å². The molecule has 0 aliphatic carbocycles. The maximum Gasteiger partial charge on any atom is 0.320 e. The van der Waals surface area contributed by atoms with E-state index in [1.807, 2.05) is 28.0 Å². The van der Waals surface area contributed by atoms with Crippen LogP contribution in [0.5, 0.6) is 0 Å². The summed E-state index contributed by atoms with van der Waals surface area (Å²) in [7, 11) is 0. The predicted molar refractivity (Wildman–Crippen MR) is 111 cm³/mol. The van der Waals surface area contributed by atoms with Crippen LogP contribution in [0.15, 0.2) is 54.6 Å². The molecule has 28 heavy (non-hydrogen) atoms. The number of carbonyl (C=O) groups excluding carboxylic acids is 1. The van der Waals surface area contributed by atoms with Crippen molar-refractivity contribution in [2.75, 3.05) is 52.5 Å². The van der Waals surface area contributed by atoms with Gasteiger partial charge in [0.15, 0.2) is 0 Å². The van der Waals surface area contributed by atoms with Crippen molar-refractivity contribution in [1.29, 1.82) is 0 Å². The number of amides is 2. The fraction of sp³-hybridized carbons (Fsp3) is 0.409. The van der Waals surface area contributed by atoms with Crippen LogP contribution in [0.3, 0.4) is 0 Å². The van der Waals surface area contributed by atoms with Gasteiger partial charge in [-0.05, 0) is 23.3 Å². The molecule has 6 heteroatoms. The van der Waals surface area contributed by atoms with E-state index in [4.69, 9.17) is 16.3 Å². The number of halogens is 1. The highest BCUT2D eigenvalue weighted by molar-refractivity contribution is 6.30. The summed E-state index contributed by atoms with van der Waals surface area (Å²) in [5, 5.41) is 0.747. The number of rotatable bonds is 3. The van der Waals surface area contributed by atoms with Crippen LogP contribution in [0.1, 0.15) is 17.2 Å². The normalized spacial score (nSPS) is 19.5. The minimum absolute atomic E-state index is 0.144. The summed E-state index contributed by atoms with van der Waals surface area (Å²) in [5.74, 6) is 0. The van der Waals surface area contributed by atoms with Crippen LogP contribution >= 0.6 is 11.6 Å². The molecule has 1 atom stereocenters. The summed E-state index contributed by atoms with van der Waals surface area (Å²) in [6.07, 6.45) is 0. The Labute approximate surface area is 171 Å². The molecule has 2 aliphatic heterocycles. The number of carbonyl (C=O) groups is 1. The van der Waals surface area contributed by atoms with E-state index >= 15 is 0 Å². The van der Waals surface area contributed by atoms with Gasteiger partial charge in [-0.1, -0.05) is 54.1 Å². The molecule has 2 aliphatic rings. The molecule has 0 spiro atoms. The number of piperazine rings is 1. The van der Waals surface area contributed by atoms with Crippen molar-refractivity contribution < 1.29 is 9.53 Å². The Balaban J connectivity index is 1.48. The number of benzene rings is 2. The fourth-order valence-electron chi connectivity index (χ4n) is 4.02. The molecule has 0 bridgehead atoms. The molecule has 0 radical (unpaired) electrons. The van der Waals surface area contributed by atoms with Gasteiger partial charge < -0.3 is 14.5 Å². The maximum atomic E-state index is 12.8. The highest BCUT2D eigenvalue weighted by Crippen LogP contribution is 2.30. The number of ether oxygens (including phenoxy) is 1. The van der Waals surface area contributed by atoms with Crippen molar-refractivity contribution in [2.24, 2.45) is 0 Å². The molecule has 2 saturated heterocycles. The largest absolute Gasteiger partial charge is 0.378 e. The van der Waals surface area contributed by atoms with E-state index in [9.17, 15) is 4.79 Å². The Morgan fingerprint density at radius 2 is 1.36 bits per heavy atom. The quantitative estimate of drug-likeness (QED) is 0.792. The number of hydrogen-bond acceptors (Lipinski definition) is 3. The van der Waals surface area contributed by atoms with Crippen molar-refractivity contribution in [3.63, 3.8) is 0 Å². The van der Waals surface area contributed by atoms with Gasteiger partial charge in [0.2, 0.25) is 0 Å². The zero-order valence-corrected chi connectivity index (χ0v) is 16.7. The van der Waals surface area contributed by atoms with Crippen molar-refractivity contribution >= 4 is 17.6 Å². The average Bonchev–Trinajstić information content (AvgIpc) is 2.77. The summed E-state index contributed by atoms with van der Waals surface area (Å²) >= 11 is 6.10. The van der Waals surface area contributed by atoms with Crippen LogP contribution in [-0.2, 0) is 4.74 Å². The highest BCUT2D eigenvalue weighted by Gasteiger charge is 2.30. The topological polar surface area (TPSA) is 36.0 Å². The van der Waals surface area contributed by atoms with Crippen LogP contribution in [0.2, 0.25) is 5.02 Å². The van der Waals surface area contributed by atoms with Crippen LogP contribution in [0.25, 0.3) is 0 Å². The van der Waals surface area contributed by atoms with Crippen LogP contribution in [0, 0.1) is 0 Å². The van der Waals surface area contributed by atoms with E-state index < -0.39 is 0 Å². The summed E-state index contributed by atoms with van der Waals surface area (Å²) in [6.45, 7) is 5.83. The van der Waals surface area contributed by atoms with Crippen molar-refractivity contribution in [3.05, 3.63) is 70.7 Å². The van der Waals surface area contributed by atoms with E-state index in [1.165, 1.54) is 11.1 Å². The van der Waals surface area contributed by atoms with Crippen LogP contribution in [0.4, 0.5) is 4.79 Å². The monoisotopic (exact) mass is 399 g/mol. The summed E-state index contributed by atoms with van der Waals surface area (Å²) in [6, 6.07) is 19.0. The predicted octanol–water partition coefficient (Wildman–Crippen LogP) is 3.50.